The summed E-state index contributed by atoms with van der Waals surface area (Å²) in [5.74, 6) is 1.88. The van der Waals surface area contributed by atoms with Crippen molar-refractivity contribution in [1.82, 2.24) is 19.7 Å². The zero-order valence-corrected chi connectivity index (χ0v) is 9.68. The summed E-state index contributed by atoms with van der Waals surface area (Å²) < 4.78 is 2.15. The lowest BCUT2D eigenvalue weighted by molar-refractivity contribution is 0.179. The van der Waals surface area contributed by atoms with Gasteiger partial charge in [-0.25, -0.2) is 4.79 Å². The van der Waals surface area contributed by atoms with Crippen molar-refractivity contribution in [1.29, 1.82) is 0 Å². The van der Waals surface area contributed by atoms with Crippen molar-refractivity contribution in [2.45, 2.75) is 32.7 Å². The highest BCUT2D eigenvalue weighted by Gasteiger charge is 2.24. The standard InChI is InChI=1S/C10H17N5O/c1-7-12-13-8(2)15(7)9-3-5-14(6-4-9)10(11)16/h9H,3-6H2,1-2H3,(H2,11,16). The molecule has 1 aliphatic rings. The van der Waals surface area contributed by atoms with E-state index in [9.17, 15) is 4.79 Å². The van der Waals surface area contributed by atoms with Crippen molar-refractivity contribution in [2.75, 3.05) is 13.1 Å². The molecular weight excluding hydrogens is 206 g/mol. The molecule has 0 saturated carbocycles. The van der Waals surface area contributed by atoms with E-state index >= 15 is 0 Å². The van der Waals surface area contributed by atoms with E-state index in [4.69, 9.17) is 5.73 Å². The second-order valence-corrected chi connectivity index (χ2v) is 4.22. The van der Waals surface area contributed by atoms with Crippen LogP contribution < -0.4 is 5.73 Å². The highest BCUT2D eigenvalue weighted by Crippen LogP contribution is 2.24. The smallest absolute Gasteiger partial charge is 0.314 e. The largest absolute Gasteiger partial charge is 0.351 e. The van der Waals surface area contributed by atoms with Gasteiger partial charge in [-0.05, 0) is 26.7 Å². The summed E-state index contributed by atoms with van der Waals surface area (Å²) in [7, 11) is 0. The number of carbonyl (C=O) groups excluding carboxylic acids is 1. The first kappa shape index (κ1) is 10.9. The van der Waals surface area contributed by atoms with Crippen molar-refractivity contribution in [3.8, 4) is 0 Å². The van der Waals surface area contributed by atoms with Gasteiger partial charge in [-0.15, -0.1) is 10.2 Å². The topological polar surface area (TPSA) is 77.0 Å². The van der Waals surface area contributed by atoms with Gasteiger partial charge < -0.3 is 15.2 Å². The number of nitrogens with two attached hydrogens (primary N) is 1. The number of likely N-dealkylation sites (tertiary alicyclic amines) is 1. The van der Waals surface area contributed by atoms with Crippen LogP contribution in [0.4, 0.5) is 4.79 Å². The number of carbonyl (C=O) groups is 1. The van der Waals surface area contributed by atoms with Gasteiger partial charge in [0.15, 0.2) is 0 Å². The van der Waals surface area contributed by atoms with Crippen LogP contribution in [0.3, 0.4) is 0 Å². The lowest BCUT2D eigenvalue weighted by atomic mass is 10.0. The molecular formula is C10H17N5O. The molecule has 0 aliphatic carbocycles. The van der Waals surface area contributed by atoms with Gasteiger partial charge in [0, 0.05) is 19.1 Å². The lowest BCUT2D eigenvalue weighted by Gasteiger charge is -2.32. The Bertz CT molecular complexity index is 372. The third-order valence-electron chi connectivity index (χ3n) is 3.18. The summed E-state index contributed by atoms with van der Waals surface area (Å²) in [4.78, 5) is 12.7. The first-order valence-electron chi connectivity index (χ1n) is 5.52. The van der Waals surface area contributed by atoms with Crippen LogP contribution in [0.1, 0.15) is 30.5 Å². The highest BCUT2D eigenvalue weighted by atomic mass is 16.2. The van der Waals surface area contributed by atoms with E-state index in [2.05, 4.69) is 14.8 Å². The molecule has 2 N–H and O–H groups in total. The Labute approximate surface area is 94.4 Å². The van der Waals surface area contributed by atoms with Crippen LogP contribution in [0, 0.1) is 13.8 Å². The second kappa shape index (κ2) is 4.11. The van der Waals surface area contributed by atoms with Gasteiger partial charge in [-0.3, -0.25) is 0 Å². The summed E-state index contributed by atoms with van der Waals surface area (Å²) in [5.41, 5.74) is 5.25. The number of piperidine rings is 1. The van der Waals surface area contributed by atoms with Crippen molar-refractivity contribution < 1.29 is 4.79 Å². The second-order valence-electron chi connectivity index (χ2n) is 4.22. The maximum Gasteiger partial charge on any atom is 0.314 e. The molecule has 2 rings (SSSR count). The number of rotatable bonds is 1. The Hall–Kier alpha value is -1.59. The monoisotopic (exact) mass is 223 g/mol. The number of aryl methyl sites for hydroxylation is 2. The molecule has 1 fully saturated rings. The minimum absolute atomic E-state index is 0.323. The maximum absolute atomic E-state index is 11.0. The van der Waals surface area contributed by atoms with Gasteiger partial charge in [0.1, 0.15) is 11.6 Å². The fourth-order valence-corrected chi connectivity index (χ4v) is 2.35. The van der Waals surface area contributed by atoms with Gasteiger partial charge in [0.2, 0.25) is 0 Å². The molecule has 1 aliphatic heterocycles. The average molecular weight is 223 g/mol. The molecule has 0 unspecified atom stereocenters. The van der Waals surface area contributed by atoms with E-state index in [1.807, 2.05) is 13.8 Å². The van der Waals surface area contributed by atoms with Crippen LogP contribution in [0.15, 0.2) is 0 Å². The van der Waals surface area contributed by atoms with Crippen LogP contribution >= 0.6 is 0 Å². The SMILES string of the molecule is Cc1nnc(C)n1C1CCN(C(N)=O)CC1. The van der Waals surface area contributed by atoms with Crippen LogP contribution in [-0.2, 0) is 0 Å². The number of hydrogen-bond acceptors (Lipinski definition) is 3. The predicted molar refractivity (Wildman–Crippen MR) is 58.9 cm³/mol. The molecule has 2 amide bonds. The number of aromatic nitrogens is 3. The average Bonchev–Trinajstić information content (AvgIpc) is 2.59. The van der Waals surface area contributed by atoms with Gasteiger partial charge in [-0.1, -0.05) is 0 Å². The molecule has 0 spiro atoms. The zero-order valence-electron chi connectivity index (χ0n) is 9.68. The predicted octanol–water partition coefficient (Wildman–Crippen LogP) is 0.611. The minimum atomic E-state index is -0.323. The molecule has 0 atom stereocenters. The fraction of sp³-hybridized carbons (Fsp3) is 0.700. The first-order chi connectivity index (χ1) is 7.59. The van der Waals surface area contributed by atoms with Gasteiger partial charge >= 0.3 is 6.03 Å². The quantitative estimate of drug-likeness (QED) is 0.757. The fourth-order valence-electron chi connectivity index (χ4n) is 2.35. The molecule has 2 heterocycles. The van der Waals surface area contributed by atoms with E-state index in [0.29, 0.717) is 6.04 Å². The third kappa shape index (κ3) is 1.87. The Morgan fingerprint density at radius 3 is 2.19 bits per heavy atom. The summed E-state index contributed by atoms with van der Waals surface area (Å²) in [6, 6.07) is 0.0706. The number of primary amides is 1. The number of amides is 2. The summed E-state index contributed by atoms with van der Waals surface area (Å²) in [5, 5.41) is 8.11. The number of urea groups is 1. The van der Waals surface area contributed by atoms with Crippen molar-refractivity contribution >= 4 is 6.03 Å². The molecule has 1 aromatic rings. The van der Waals surface area contributed by atoms with Crippen molar-refractivity contribution in [3.05, 3.63) is 11.6 Å². The van der Waals surface area contributed by atoms with Crippen LogP contribution in [0.5, 0.6) is 0 Å². The Morgan fingerprint density at radius 1 is 1.25 bits per heavy atom. The summed E-state index contributed by atoms with van der Waals surface area (Å²) in [6.07, 6.45) is 1.84. The van der Waals surface area contributed by atoms with Gasteiger partial charge in [0.05, 0.1) is 0 Å². The van der Waals surface area contributed by atoms with Gasteiger partial charge in [0.25, 0.3) is 0 Å². The van der Waals surface area contributed by atoms with Crippen LogP contribution in [-0.4, -0.2) is 38.8 Å². The van der Waals surface area contributed by atoms with E-state index in [0.717, 1.165) is 37.6 Å². The molecule has 0 aromatic carbocycles. The number of hydrogen-bond donors (Lipinski definition) is 1. The molecule has 1 aromatic heterocycles. The third-order valence-corrected chi connectivity index (χ3v) is 3.18. The highest BCUT2D eigenvalue weighted by molar-refractivity contribution is 5.72. The Balaban J connectivity index is 2.07. The van der Waals surface area contributed by atoms with E-state index in [1.165, 1.54) is 0 Å². The van der Waals surface area contributed by atoms with E-state index in [-0.39, 0.29) is 6.03 Å². The first-order valence-corrected chi connectivity index (χ1v) is 5.52. The van der Waals surface area contributed by atoms with Crippen LogP contribution in [0.25, 0.3) is 0 Å². The Kier molecular flexibility index (Phi) is 2.80. The molecule has 88 valence electrons. The summed E-state index contributed by atoms with van der Waals surface area (Å²) >= 11 is 0. The summed E-state index contributed by atoms with van der Waals surface area (Å²) in [6.45, 7) is 5.36. The molecule has 6 nitrogen and oxygen atoms in total. The van der Waals surface area contributed by atoms with Crippen molar-refractivity contribution in [3.63, 3.8) is 0 Å². The van der Waals surface area contributed by atoms with Gasteiger partial charge in [-0.2, -0.15) is 0 Å². The molecule has 0 radical (unpaired) electrons. The van der Waals surface area contributed by atoms with Crippen molar-refractivity contribution in [2.24, 2.45) is 5.73 Å². The zero-order chi connectivity index (χ0) is 11.7. The molecule has 16 heavy (non-hydrogen) atoms. The molecule has 0 bridgehead atoms. The lowest BCUT2D eigenvalue weighted by Crippen LogP contribution is -2.42. The maximum atomic E-state index is 11.0. The van der Waals surface area contributed by atoms with E-state index < -0.39 is 0 Å². The van der Waals surface area contributed by atoms with E-state index in [1.54, 1.807) is 4.90 Å². The molecule has 6 heteroatoms. The normalized spacial score (nSPS) is 17.8. The Morgan fingerprint density at radius 2 is 1.75 bits per heavy atom. The van der Waals surface area contributed by atoms with Crippen LogP contribution in [0.2, 0.25) is 0 Å². The molecule has 1 saturated heterocycles. The number of nitrogens with zero attached hydrogens (tertiary/aromatic N) is 4. The minimum Gasteiger partial charge on any atom is -0.351 e.